The van der Waals surface area contributed by atoms with Crippen LogP contribution in [0.5, 0.6) is 0 Å². The molecule has 1 amide bonds. The third-order valence-electron chi connectivity index (χ3n) is 3.51. The lowest BCUT2D eigenvalue weighted by atomic mass is 10.0. The van der Waals surface area contributed by atoms with Crippen LogP contribution in [0.3, 0.4) is 0 Å². The summed E-state index contributed by atoms with van der Waals surface area (Å²) in [5.74, 6) is 0.196. The van der Waals surface area contributed by atoms with E-state index in [4.69, 9.17) is 4.74 Å². The predicted molar refractivity (Wildman–Crippen MR) is 62.2 cm³/mol. The molecule has 2 atom stereocenters. The Morgan fingerprint density at radius 3 is 2.88 bits per heavy atom. The van der Waals surface area contributed by atoms with Crippen molar-refractivity contribution in [2.24, 2.45) is 0 Å². The average molecular weight is 226 g/mol. The molecule has 2 unspecified atom stereocenters. The Morgan fingerprint density at radius 1 is 1.50 bits per heavy atom. The van der Waals surface area contributed by atoms with Crippen molar-refractivity contribution < 1.29 is 9.53 Å². The minimum atomic E-state index is -0.414. The average Bonchev–Trinajstić information content (AvgIpc) is 2.59. The van der Waals surface area contributed by atoms with Crippen LogP contribution in [-0.4, -0.2) is 48.2 Å². The molecule has 0 bridgehead atoms. The van der Waals surface area contributed by atoms with Crippen molar-refractivity contribution in [1.29, 1.82) is 0 Å². The first-order valence-corrected chi connectivity index (χ1v) is 6.19. The number of nitrogens with one attached hydrogen (secondary N) is 1. The molecule has 1 N–H and O–H groups in total. The summed E-state index contributed by atoms with van der Waals surface area (Å²) in [4.78, 5) is 14.1. The molecule has 0 aromatic carbocycles. The molecule has 2 saturated heterocycles. The molecule has 16 heavy (non-hydrogen) atoms. The second-order valence-electron chi connectivity index (χ2n) is 5.45. The number of rotatable bonds is 2. The van der Waals surface area contributed by atoms with E-state index in [1.54, 1.807) is 0 Å². The lowest BCUT2D eigenvalue weighted by molar-refractivity contribution is -0.141. The largest absolute Gasteiger partial charge is 0.373 e. The van der Waals surface area contributed by atoms with Crippen LogP contribution in [0.1, 0.15) is 33.6 Å². The van der Waals surface area contributed by atoms with Gasteiger partial charge in [-0.1, -0.05) is 0 Å². The normalized spacial score (nSPS) is 34.4. The maximum atomic E-state index is 12.1. The molecule has 0 radical (unpaired) electrons. The van der Waals surface area contributed by atoms with Crippen LogP contribution in [0, 0.1) is 0 Å². The van der Waals surface area contributed by atoms with Gasteiger partial charge in [-0.25, -0.2) is 0 Å². The van der Waals surface area contributed by atoms with Crippen molar-refractivity contribution in [3.05, 3.63) is 0 Å². The third kappa shape index (κ3) is 2.38. The Labute approximate surface area is 97.3 Å². The van der Waals surface area contributed by atoms with Gasteiger partial charge in [0.25, 0.3) is 0 Å². The molecule has 2 heterocycles. The van der Waals surface area contributed by atoms with Crippen LogP contribution in [0.2, 0.25) is 0 Å². The molecule has 2 rings (SSSR count). The highest BCUT2D eigenvalue weighted by Gasteiger charge is 2.36. The number of carbonyl (C=O) groups excluding carboxylic acids is 1. The molecule has 92 valence electrons. The Balaban J connectivity index is 1.92. The summed E-state index contributed by atoms with van der Waals surface area (Å²) in [6, 6.07) is 0. The predicted octanol–water partition coefficient (Wildman–Crippen LogP) is 0.764. The molecule has 2 aliphatic heterocycles. The Morgan fingerprint density at radius 2 is 2.25 bits per heavy atom. The number of hydrogen-bond acceptors (Lipinski definition) is 3. The van der Waals surface area contributed by atoms with Crippen molar-refractivity contribution in [2.75, 3.05) is 19.6 Å². The molecule has 0 saturated carbocycles. The van der Waals surface area contributed by atoms with Crippen molar-refractivity contribution in [1.82, 2.24) is 10.2 Å². The van der Waals surface area contributed by atoms with Gasteiger partial charge < -0.3 is 15.0 Å². The van der Waals surface area contributed by atoms with Crippen LogP contribution in [0.15, 0.2) is 0 Å². The molecule has 0 aromatic heterocycles. The van der Waals surface area contributed by atoms with Crippen LogP contribution >= 0.6 is 0 Å². The summed E-state index contributed by atoms with van der Waals surface area (Å²) in [6.07, 6.45) is 2.80. The SMILES string of the molecule is CC1CCC(CN2CCNC(C)(C)C2=O)O1. The third-order valence-corrected chi connectivity index (χ3v) is 3.51. The van der Waals surface area contributed by atoms with Gasteiger partial charge in [0.15, 0.2) is 0 Å². The number of amides is 1. The van der Waals surface area contributed by atoms with E-state index in [-0.39, 0.29) is 12.0 Å². The standard InChI is InChI=1S/C12H22N2O2/c1-9-4-5-10(16-9)8-14-7-6-13-12(2,3)11(14)15/h9-10,13H,4-8H2,1-3H3. The molecule has 0 spiro atoms. The van der Waals surface area contributed by atoms with E-state index in [0.717, 1.165) is 32.5 Å². The molecule has 0 aromatic rings. The molecular weight excluding hydrogens is 204 g/mol. The van der Waals surface area contributed by atoms with Crippen molar-refractivity contribution in [3.63, 3.8) is 0 Å². The summed E-state index contributed by atoms with van der Waals surface area (Å²) in [5, 5.41) is 3.24. The van der Waals surface area contributed by atoms with E-state index >= 15 is 0 Å². The second-order valence-corrected chi connectivity index (χ2v) is 5.45. The Bertz CT molecular complexity index is 278. The van der Waals surface area contributed by atoms with Crippen LogP contribution in [0.4, 0.5) is 0 Å². The molecule has 2 fully saturated rings. The topological polar surface area (TPSA) is 41.6 Å². The summed E-state index contributed by atoms with van der Waals surface area (Å²) in [5.41, 5.74) is -0.414. The zero-order valence-corrected chi connectivity index (χ0v) is 10.5. The van der Waals surface area contributed by atoms with Crippen molar-refractivity contribution >= 4 is 5.91 Å². The van der Waals surface area contributed by atoms with E-state index in [1.165, 1.54) is 0 Å². The fourth-order valence-corrected chi connectivity index (χ4v) is 2.52. The van der Waals surface area contributed by atoms with Gasteiger partial charge in [-0.15, -0.1) is 0 Å². The number of carbonyl (C=O) groups is 1. The molecule has 4 heteroatoms. The molecule has 2 aliphatic rings. The maximum Gasteiger partial charge on any atom is 0.242 e. The summed E-state index contributed by atoms with van der Waals surface area (Å²) < 4.78 is 5.77. The van der Waals surface area contributed by atoms with Gasteiger partial charge in [-0.3, -0.25) is 4.79 Å². The number of nitrogens with zero attached hydrogens (tertiary/aromatic N) is 1. The first-order valence-electron chi connectivity index (χ1n) is 6.19. The number of ether oxygens (including phenoxy) is 1. The molecule has 0 aliphatic carbocycles. The van der Waals surface area contributed by atoms with Gasteiger partial charge in [0, 0.05) is 19.6 Å². The van der Waals surface area contributed by atoms with E-state index < -0.39 is 5.54 Å². The Kier molecular flexibility index (Phi) is 3.22. The first kappa shape index (κ1) is 11.9. The zero-order valence-electron chi connectivity index (χ0n) is 10.5. The quantitative estimate of drug-likeness (QED) is 0.756. The summed E-state index contributed by atoms with van der Waals surface area (Å²) in [6.45, 7) is 8.43. The molecule has 4 nitrogen and oxygen atoms in total. The van der Waals surface area contributed by atoms with E-state index in [2.05, 4.69) is 12.2 Å². The van der Waals surface area contributed by atoms with E-state index in [9.17, 15) is 4.79 Å². The molecular formula is C12H22N2O2. The fourth-order valence-electron chi connectivity index (χ4n) is 2.52. The highest BCUT2D eigenvalue weighted by Crippen LogP contribution is 2.21. The van der Waals surface area contributed by atoms with E-state index in [0.29, 0.717) is 6.10 Å². The summed E-state index contributed by atoms with van der Waals surface area (Å²) in [7, 11) is 0. The van der Waals surface area contributed by atoms with E-state index in [1.807, 2.05) is 18.7 Å². The highest BCUT2D eigenvalue weighted by atomic mass is 16.5. The summed E-state index contributed by atoms with van der Waals surface area (Å²) >= 11 is 0. The van der Waals surface area contributed by atoms with Gasteiger partial charge in [0.05, 0.1) is 17.7 Å². The lowest BCUT2D eigenvalue weighted by Gasteiger charge is -2.39. The highest BCUT2D eigenvalue weighted by molar-refractivity contribution is 5.86. The maximum absolute atomic E-state index is 12.1. The smallest absolute Gasteiger partial charge is 0.242 e. The van der Waals surface area contributed by atoms with Crippen molar-refractivity contribution in [3.8, 4) is 0 Å². The van der Waals surface area contributed by atoms with Gasteiger partial charge in [-0.05, 0) is 33.6 Å². The zero-order chi connectivity index (χ0) is 11.8. The Hall–Kier alpha value is -0.610. The second kappa shape index (κ2) is 4.34. The first-order chi connectivity index (χ1) is 7.49. The minimum Gasteiger partial charge on any atom is -0.373 e. The number of piperazine rings is 1. The van der Waals surface area contributed by atoms with Gasteiger partial charge in [0.2, 0.25) is 5.91 Å². The van der Waals surface area contributed by atoms with Crippen LogP contribution in [0.25, 0.3) is 0 Å². The van der Waals surface area contributed by atoms with Crippen LogP contribution < -0.4 is 5.32 Å². The van der Waals surface area contributed by atoms with Crippen LogP contribution in [-0.2, 0) is 9.53 Å². The lowest BCUT2D eigenvalue weighted by Crippen LogP contribution is -2.62. The number of hydrogen-bond donors (Lipinski definition) is 1. The monoisotopic (exact) mass is 226 g/mol. The van der Waals surface area contributed by atoms with Gasteiger partial charge >= 0.3 is 0 Å². The van der Waals surface area contributed by atoms with Gasteiger partial charge in [-0.2, -0.15) is 0 Å². The van der Waals surface area contributed by atoms with Crippen molar-refractivity contribution in [2.45, 2.75) is 51.4 Å². The van der Waals surface area contributed by atoms with Gasteiger partial charge in [0.1, 0.15) is 0 Å². The fraction of sp³-hybridized carbons (Fsp3) is 0.917. The minimum absolute atomic E-state index is 0.196.